The molecule has 1 aliphatic rings. The monoisotopic (exact) mass is 254 g/mol. The Balaban J connectivity index is 2.37. The number of unbranched alkanes of at least 4 members (excludes halogenated alkanes) is 3. The summed E-state index contributed by atoms with van der Waals surface area (Å²) in [5.41, 5.74) is 6.59. The van der Waals surface area contributed by atoms with Crippen molar-refractivity contribution in [1.29, 1.82) is 0 Å². The normalized spacial score (nSPS) is 21.3. The van der Waals surface area contributed by atoms with Gasteiger partial charge in [0.1, 0.15) is 0 Å². The zero-order chi connectivity index (χ0) is 13.4. The molecular weight excluding hydrogens is 220 g/mol. The van der Waals surface area contributed by atoms with Crippen LogP contribution in [0.15, 0.2) is 0 Å². The minimum absolute atomic E-state index is 0.594. The van der Waals surface area contributed by atoms with Gasteiger partial charge >= 0.3 is 0 Å². The van der Waals surface area contributed by atoms with E-state index >= 15 is 0 Å². The van der Waals surface area contributed by atoms with E-state index in [-0.39, 0.29) is 0 Å². The van der Waals surface area contributed by atoms with E-state index in [1.807, 2.05) is 0 Å². The second-order valence-corrected chi connectivity index (χ2v) is 6.17. The first-order chi connectivity index (χ1) is 8.71. The Hall–Kier alpha value is -0.0800. The van der Waals surface area contributed by atoms with E-state index in [9.17, 15) is 0 Å². The topological polar surface area (TPSA) is 29.3 Å². The van der Waals surface area contributed by atoms with Crippen LogP contribution in [0.1, 0.15) is 72.1 Å². The average Bonchev–Trinajstić information content (AvgIpc) is 2.84. The summed E-state index contributed by atoms with van der Waals surface area (Å²) < 4.78 is 0. The minimum Gasteiger partial charge on any atom is -0.329 e. The van der Waals surface area contributed by atoms with E-state index in [2.05, 4.69) is 25.7 Å². The van der Waals surface area contributed by atoms with Crippen LogP contribution in [0.2, 0.25) is 0 Å². The highest BCUT2D eigenvalue weighted by Gasteiger charge is 2.36. The number of hydrogen-bond donors (Lipinski definition) is 1. The predicted octanol–water partition coefficient (Wildman–Crippen LogP) is 3.80. The van der Waals surface area contributed by atoms with Crippen molar-refractivity contribution in [3.63, 3.8) is 0 Å². The van der Waals surface area contributed by atoms with E-state index in [0.29, 0.717) is 11.5 Å². The highest BCUT2D eigenvalue weighted by molar-refractivity contribution is 4.91. The zero-order valence-corrected chi connectivity index (χ0v) is 12.9. The fourth-order valence-electron chi connectivity index (χ4n) is 3.36. The van der Waals surface area contributed by atoms with Crippen LogP contribution in [0.3, 0.4) is 0 Å². The Morgan fingerprint density at radius 1 is 1.11 bits per heavy atom. The van der Waals surface area contributed by atoms with Crippen molar-refractivity contribution in [2.24, 2.45) is 11.1 Å². The van der Waals surface area contributed by atoms with Gasteiger partial charge in [0.05, 0.1) is 0 Å². The molecule has 1 aliphatic heterocycles. The SMILES string of the molecule is CCCCCCC(CN)N1CCC(CC)(CC)C1. The van der Waals surface area contributed by atoms with Crippen LogP contribution >= 0.6 is 0 Å². The highest BCUT2D eigenvalue weighted by atomic mass is 15.2. The first-order valence-electron chi connectivity index (χ1n) is 8.15. The van der Waals surface area contributed by atoms with Gasteiger partial charge < -0.3 is 5.73 Å². The number of rotatable bonds is 9. The lowest BCUT2D eigenvalue weighted by molar-refractivity contribution is 0.187. The van der Waals surface area contributed by atoms with Crippen LogP contribution in [0.5, 0.6) is 0 Å². The molecule has 0 saturated carbocycles. The van der Waals surface area contributed by atoms with Gasteiger partial charge in [-0.2, -0.15) is 0 Å². The fraction of sp³-hybridized carbons (Fsp3) is 1.00. The van der Waals surface area contributed by atoms with Crippen molar-refractivity contribution in [3.05, 3.63) is 0 Å². The number of hydrogen-bond acceptors (Lipinski definition) is 2. The Morgan fingerprint density at radius 2 is 1.83 bits per heavy atom. The maximum absolute atomic E-state index is 6.00. The third-order valence-corrected chi connectivity index (χ3v) is 5.15. The second-order valence-electron chi connectivity index (χ2n) is 6.17. The molecule has 2 heteroatoms. The largest absolute Gasteiger partial charge is 0.329 e. The summed E-state index contributed by atoms with van der Waals surface area (Å²) in [4.78, 5) is 2.68. The minimum atomic E-state index is 0.594. The molecule has 2 nitrogen and oxygen atoms in total. The first-order valence-corrected chi connectivity index (χ1v) is 8.15. The maximum atomic E-state index is 6.00. The van der Waals surface area contributed by atoms with Crippen molar-refractivity contribution < 1.29 is 0 Å². The van der Waals surface area contributed by atoms with Gasteiger partial charge in [0.15, 0.2) is 0 Å². The van der Waals surface area contributed by atoms with Crippen LogP contribution in [0.4, 0.5) is 0 Å². The van der Waals surface area contributed by atoms with Gasteiger partial charge in [-0.1, -0.05) is 46.5 Å². The smallest absolute Gasteiger partial charge is 0.0218 e. The summed E-state index contributed by atoms with van der Waals surface area (Å²) in [6.07, 6.45) is 10.8. The van der Waals surface area contributed by atoms with Gasteiger partial charge in [-0.05, 0) is 37.6 Å². The van der Waals surface area contributed by atoms with E-state index in [0.717, 1.165) is 6.54 Å². The molecule has 1 rings (SSSR count). The third kappa shape index (κ3) is 4.24. The molecule has 0 radical (unpaired) electrons. The van der Waals surface area contributed by atoms with Crippen molar-refractivity contribution in [2.75, 3.05) is 19.6 Å². The Morgan fingerprint density at radius 3 is 2.33 bits per heavy atom. The lowest BCUT2D eigenvalue weighted by Gasteiger charge is -2.30. The van der Waals surface area contributed by atoms with E-state index in [1.54, 1.807) is 0 Å². The first kappa shape index (κ1) is 16.0. The van der Waals surface area contributed by atoms with Crippen molar-refractivity contribution in [3.8, 4) is 0 Å². The molecule has 1 unspecified atom stereocenters. The molecule has 0 bridgehead atoms. The molecule has 1 atom stereocenters. The third-order valence-electron chi connectivity index (χ3n) is 5.15. The molecule has 0 spiro atoms. The summed E-state index contributed by atoms with van der Waals surface area (Å²) in [6.45, 7) is 10.4. The van der Waals surface area contributed by atoms with Gasteiger partial charge in [-0.25, -0.2) is 0 Å². The molecule has 1 saturated heterocycles. The lowest BCUT2D eigenvalue weighted by Crippen LogP contribution is -2.40. The van der Waals surface area contributed by atoms with Crippen LogP contribution in [-0.4, -0.2) is 30.6 Å². The highest BCUT2D eigenvalue weighted by Crippen LogP contribution is 2.38. The zero-order valence-electron chi connectivity index (χ0n) is 12.9. The molecule has 0 aromatic heterocycles. The molecule has 0 aliphatic carbocycles. The molecule has 18 heavy (non-hydrogen) atoms. The summed E-state index contributed by atoms with van der Waals surface area (Å²) in [6, 6.07) is 0.641. The van der Waals surface area contributed by atoms with E-state index < -0.39 is 0 Å². The van der Waals surface area contributed by atoms with Crippen LogP contribution in [0, 0.1) is 5.41 Å². The van der Waals surface area contributed by atoms with Crippen molar-refractivity contribution in [2.45, 2.75) is 78.2 Å². The standard InChI is InChI=1S/C16H34N2/c1-4-7-8-9-10-15(13-17)18-12-11-16(5-2,6-3)14-18/h15H,4-14,17H2,1-3H3. The molecule has 1 fully saturated rings. The lowest BCUT2D eigenvalue weighted by atomic mass is 9.82. The number of likely N-dealkylation sites (tertiary alicyclic amines) is 1. The summed E-state index contributed by atoms with van der Waals surface area (Å²) in [5.74, 6) is 0. The van der Waals surface area contributed by atoms with Gasteiger partial charge in [0.25, 0.3) is 0 Å². The fourth-order valence-corrected chi connectivity index (χ4v) is 3.36. The van der Waals surface area contributed by atoms with E-state index in [1.165, 1.54) is 64.5 Å². The van der Waals surface area contributed by atoms with Crippen LogP contribution in [0.25, 0.3) is 0 Å². The van der Waals surface area contributed by atoms with Crippen LogP contribution < -0.4 is 5.73 Å². The number of nitrogens with two attached hydrogens (primary N) is 1. The summed E-state index contributed by atoms with van der Waals surface area (Å²) in [5, 5.41) is 0. The maximum Gasteiger partial charge on any atom is 0.0218 e. The van der Waals surface area contributed by atoms with E-state index in [4.69, 9.17) is 5.73 Å². The van der Waals surface area contributed by atoms with Gasteiger partial charge in [0.2, 0.25) is 0 Å². The molecule has 0 aromatic rings. The van der Waals surface area contributed by atoms with Crippen molar-refractivity contribution in [1.82, 2.24) is 4.90 Å². The van der Waals surface area contributed by atoms with Crippen molar-refractivity contribution >= 4 is 0 Å². The number of nitrogens with zero attached hydrogens (tertiary/aromatic N) is 1. The molecule has 0 amide bonds. The molecule has 1 heterocycles. The Bertz CT molecular complexity index is 211. The molecule has 2 N–H and O–H groups in total. The predicted molar refractivity (Wildman–Crippen MR) is 80.8 cm³/mol. The quantitative estimate of drug-likeness (QED) is 0.634. The Kier molecular flexibility index (Phi) is 7.25. The summed E-state index contributed by atoms with van der Waals surface area (Å²) in [7, 11) is 0. The summed E-state index contributed by atoms with van der Waals surface area (Å²) >= 11 is 0. The molecule has 108 valence electrons. The molecular formula is C16H34N2. The van der Waals surface area contributed by atoms with Crippen LogP contribution in [-0.2, 0) is 0 Å². The molecule has 0 aromatic carbocycles. The average molecular weight is 254 g/mol. The Labute approximate surface area is 114 Å². The van der Waals surface area contributed by atoms with Gasteiger partial charge in [0, 0.05) is 19.1 Å². The van der Waals surface area contributed by atoms with Gasteiger partial charge in [-0.15, -0.1) is 0 Å². The second kappa shape index (κ2) is 8.16. The van der Waals surface area contributed by atoms with Gasteiger partial charge in [-0.3, -0.25) is 4.90 Å².